The zero-order valence-electron chi connectivity index (χ0n) is 17.8. The molecule has 1 saturated heterocycles. The van der Waals surface area contributed by atoms with Gasteiger partial charge in [-0.25, -0.2) is 4.39 Å². The lowest BCUT2D eigenvalue weighted by Crippen LogP contribution is -2.30. The maximum absolute atomic E-state index is 14.9. The van der Waals surface area contributed by atoms with Crippen molar-refractivity contribution in [3.63, 3.8) is 0 Å². The normalized spacial score (nSPS) is 18.2. The average molecular weight is 447 g/mol. The van der Waals surface area contributed by atoms with E-state index in [4.69, 9.17) is 16.6 Å². The molecule has 0 bridgehead atoms. The quantitative estimate of drug-likeness (QED) is 0.413. The molecule has 0 spiro atoms. The fraction of sp³-hybridized carbons (Fsp3) is 0.200. The van der Waals surface area contributed by atoms with Crippen LogP contribution >= 0.6 is 12.2 Å². The van der Waals surface area contributed by atoms with E-state index in [-0.39, 0.29) is 17.9 Å². The van der Waals surface area contributed by atoms with Crippen molar-refractivity contribution < 1.29 is 8.81 Å². The molecule has 32 heavy (non-hydrogen) atoms. The highest BCUT2D eigenvalue weighted by atomic mass is 32.1. The van der Waals surface area contributed by atoms with E-state index in [1.54, 1.807) is 24.6 Å². The van der Waals surface area contributed by atoms with Gasteiger partial charge in [0.05, 0.1) is 36.3 Å². The highest BCUT2D eigenvalue weighted by Gasteiger charge is 2.43. The number of para-hydroxylation sites is 1. The second kappa shape index (κ2) is 8.24. The van der Waals surface area contributed by atoms with Crippen molar-refractivity contribution in [2.75, 3.05) is 4.90 Å². The minimum absolute atomic E-state index is 0.221. The van der Waals surface area contributed by atoms with Gasteiger partial charge in [0.15, 0.2) is 5.11 Å². The van der Waals surface area contributed by atoms with E-state index in [0.717, 1.165) is 28.4 Å². The Bertz CT molecular complexity index is 1250. The first-order valence-corrected chi connectivity index (χ1v) is 10.9. The Hall–Kier alpha value is -3.45. The number of thiocarbonyl (C=S) groups is 1. The molecule has 0 unspecified atom stereocenters. The molecule has 4 aromatic rings. The van der Waals surface area contributed by atoms with Crippen molar-refractivity contribution in [1.29, 1.82) is 0 Å². The zero-order chi connectivity index (χ0) is 22.2. The molecule has 5 nitrogen and oxygen atoms in total. The van der Waals surface area contributed by atoms with Gasteiger partial charge in [-0.2, -0.15) is 0 Å². The number of halogens is 1. The molecule has 0 radical (unpaired) electrons. The zero-order valence-corrected chi connectivity index (χ0v) is 18.6. The molecule has 1 aliphatic rings. The highest BCUT2D eigenvalue weighted by Crippen LogP contribution is 2.43. The molecule has 7 heteroatoms. The Kier molecular flexibility index (Phi) is 5.27. The van der Waals surface area contributed by atoms with Crippen LogP contribution in [-0.4, -0.2) is 14.7 Å². The Balaban J connectivity index is 1.65. The summed E-state index contributed by atoms with van der Waals surface area (Å²) in [7, 11) is 0. The van der Waals surface area contributed by atoms with Crippen LogP contribution in [-0.2, 0) is 6.54 Å². The number of rotatable bonds is 5. The molecule has 0 saturated carbocycles. The van der Waals surface area contributed by atoms with Crippen molar-refractivity contribution in [1.82, 2.24) is 14.9 Å². The maximum Gasteiger partial charge on any atom is 0.174 e. The van der Waals surface area contributed by atoms with E-state index in [1.807, 2.05) is 41.3 Å². The summed E-state index contributed by atoms with van der Waals surface area (Å²) in [6.07, 6.45) is 3.45. The average Bonchev–Trinajstić information content (AvgIpc) is 3.50. The number of nitrogens with one attached hydrogen (secondary N) is 1. The minimum Gasteiger partial charge on any atom is -0.467 e. The number of hydrogen-bond donors (Lipinski definition) is 1. The molecule has 2 atom stereocenters. The van der Waals surface area contributed by atoms with Gasteiger partial charge in [-0.1, -0.05) is 18.2 Å². The fourth-order valence-electron chi connectivity index (χ4n) is 4.51. The van der Waals surface area contributed by atoms with Gasteiger partial charge >= 0.3 is 0 Å². The van der Waals surface area contributed by atoms with Gasteiger partial charge in [-0.05, 0) is 74.1 Å². The van der Waals surface area contributed by atoms with Gasteiger partial charge in [0.25, 0.3) is 0 Å². The van der Waals surface area contributed by atoms with Crippen LogP contribution in [0.3, 0.4) is 0 Å². The third-order valence-electron chi connectivity index (χ3n) is 6.04. The summed E-state index contributed by atoms with van der Waals surface area (Å²) in [6, 6.07) is 18.1. The Morgan fingerprint density at radius 3 is 2.62 bits per heavy atom. The number of nitrogens with zero attached hydrogens (tertiary/aromatic N) is 3. The number of benzene rings is 1. The summed E-state index contributed by atoms with van der Waals surface area (Å²) < 4.78 is 22.7. The van der Waals surface area contributed by atoms with Gasteiger partial charge in [0.2, 0.25) is 0 Å². The van der Waals surface area contributed by atoms with E-state index in [2.05, 4.69) is 34.8 Å². The summed E-state index contributed by atoms with van der Waals surface area (Å²) in [5, 5.41) is 3.87. The lowest BCUT2D eigenvalue weighted by Gasteiger charge is -2.28. The molecule has 1 fully saturated rings. The van der Waals surface area contributed by atoms with Gasteiger partial charge in [0, 0.05) is 17.6 Å². The molecule has 4 heterocycles. The number of aromatic nitrogens is 2. The smallest absolute Gasteiger partial charge is 0.174 e. The number of hydrogen-bond acceptors (Lipinski definition) is 3. The molecule has 1 aliphatic heterocycles. The van der Waals surface area contributed by atoms with Crippen LogP contribution in [0.4, 0.5) is 10.1 Å². The Labute approximate surface area is 191 Å². The van der Waals surface area contributed by atoms with Crippen molar-refractivity contribution in [2.45, 2.75) is 32.5 Å². The van der Waals surface area contributed by atoms with Crippen LogP contribution in [0, 0.1) is 19.7 Å². The monoisotopic (exact) mass is 446 g/mol. The number of pyridine rings is 1. The first kappa shape index (κ1) is 20.5. The molecule has 3 aromatic heterocycles. The summed E-state index contributed by atoms with van der Waals surface area (Å²) in [6.45, 7) is 4.79. The van der Waals surface area contributed by atoms with Gasteiger partial charge in [-0.15, -0.1) is 0 Å². The molecule has 0 aliphatic carbocycles. The summed E-state index contributed by atoms with van der Waals surface area (Å²) in [5.74, 6) is 0.568. The SMILES string of the molecule is Cc1cc([C@H]2[C@H](c3ccccn3)NC(=S)N2c2ccccc2F)c(C)n1Cc1ccco1. The van der Waals surface area contributed by atoms with Gasteiger partial charge < -0.3 is 19.2 Å². The van der Waals surface area contributed by atoms with E-state index in [1.165, 1.54) is 6.07 Å². The lowest BCUT2D eigenvalue weighted by atomic mass is 9.96. The predicted molar refractivity (Wildman–Crippen MR) is 126 cm³/mol. The van der Waals surface area contributed by atoms with Crippen LogP contribution in [0.2, 0.25) is 0 Å². The largest absolute Gasteiger partial charge is 0.467 e. The molecule has 162 valence electrons. The standard InChI is InChI=1S/C25H23FN4OS/c1-16-14-19(17(2)29(16)15-18-8-7-13-31-18)24-23(21-10-5-6-12-27-21)28-25(32)30(24)22-11-4-3-9-20(22)26/h3-14,23-24H,15H2,1-2H3,(H,28,32)/t23-,24-/m0/s1. The van der Waals surface area contributed by atoms with Crippen LogP contribution < -0.4 is 10.2 Å². The summed E-state index contributed by atoms with van der Waals surface area (Å²) in [4.78, 5) is 6.45. The first-order valence-electron chi connectivity index (χ1n) is 10.5. The van der Waals surface area contributed by atoms with E-state index in [9.17, 15) is 4.39 Å². The molecule has 1 N–H and O–H groups in total. The van der Waals surface area contributed by atoms with Crippen molar-refractivity contribution >= 4 is 23.0 Å². The van der Waals surface area contributed by atoms with Crippen LogP contribution in [0.15, 0.2) is 77.5 Å². The van der Waals surface area contributed by atoms with E-state index in [0.29, 0.717) is 17.3 Å². The molecular formula is C25H23FN4OS. The molecule has 1 aromatic carbocycles. The third kappa shape index (κ3) is 3.48. The van der Waals surface area contributed by atoms with Crippen molar-refractivity contribution in [3.05, 3.63) is 107 Å². The van der Waals surface area contributed by atoms with E-state index >= 15 is 0 Å². The summed E-state index contributed by atoms with van der Waals surface area (Å²) in [5.41, 5.74) is 4.55. The van der Waals surface area contributed by atoms with Gasteiger partial charge in [-0.3, -0.25) is 4.98 Å². The Morgan fingerprint density at radius 1 is 1.09 bits per heavy atom. The second-order valence-electron chi connectivity index (χ2n) is 7.94. The van der Waals surface area contributed by atoms with Crippen LogP contribution in [0.5, 0.6) is 0 Å². The summed E-state index contributed by atoms with van der Waals surface area (Å²) >= 11 is 5.71. The van der Waals surface area contributed by atoms with E-state index < -0.39 is 0 Å². The topological polar surface area (TPSA) is 46.2 Å². The van der Waals surface area contributed by atoms with Gasteiger partial charge in [0.1, 0.15) is 11.6 Å². The molecule has 0 amide bonds. The van der Waals surface area contributed by atoms with Crippen molar-refractivity contribution in [3.8, 4) is 0 Å². The molecular weight excluding hydrogens is 423 g/mol. The lowest BCUT2D eigenvalue weighted by molar-refractivity contribution is 0.488. The highest BCUT2D eigenvalue weighted by molar-refractivity contribution is 7.80. The third-order valence-corrected chi connectivity index (χ3v) is 6.35. The minimum atomic E-state index is -0.312. The second-order valence-corrected chi connectivity index (χ2v) is 8.33. The number of furan rings is 1. The van der Waals surface area contributed by atoms with Crippen molar-refractivity contribution in [2.24, 2.45) is 0 Å². The Morgan fingerprint density at radius 2 is 1.91 bits per heavy atom. The maximum atomic E-state index is 14.9. The predicted octanol–water partition coefficient (Wildman–Crippen LogP) is 5.46. The first-order chi connectivity index (χ1) is 15.5. The number of aryl methyl sites for hydroxylation is 1. The number of anilines is 1. The molecule has 5 rings (SSSR count). The fourth-order valence-corrected chi connectivity index (χ4v) is 4.85. The van der Waals surface area contributed by atoms with Crippen LogP contribution in [0.25, 0.3) is 0 Å². The van der Waals surface area contributed by atoms with Crippen LogP contribution in [0.1, 0.15) is 40.5 Å².